The second-order valence-corrected chi connectivity index (χ2v) is 2.84. The molecule has 0 unspecified atom stereocenters. The lowest BCUT2D eigenvalue weighted by molar-refractivity contribution is -0.143. The van der Waals surface area contributed by atoms with E-state index in [2.05, 4.69) is 0 Å². The van der Waals surface area contributed by atoms with Crippen LogP contribution in [0.3, 0.4) is 0 Å². The van der Waals surface area contributed by atoms with Crippen molar-refractivity contribution in [2.45, 2.75) is 12.4 Å². The molecular weight excluding hydrogens is 236 g/mol. The van der Waals surface area contributed by atoms with Crippen molar-refractivity contribution in [2.24, 2.45) is 0 Å². The number of benzene rings is 1. The van der Waals surface area contributed by atoms with Crippen LogP contribution in [-0.4, -0.2) is 0 Å². The van der Waals surface area contributed by atoms with Gasteiger partial charge in [0.25, 0.3) is 0 Å². The highest BCUT2D eigenvalue weighted by Crippen LogP contribution is 2.38. The maximum absolute atomic E-state index is 12.3. The van der Waals surface area contributed by atoms with Crippen molar-refractivity contribution in [3.05, 3.63) is 34.9 Å². The van der Waals surface area contributed by atoms with Gasteiger partial charge in [0, 0.05) is 0 Å². The topological polar surface area (TPSA) is 23.8 Å². The van der Waals surface area contributed by atoms with Crippen LogP contribution in [0.5, 0.6) is 0 Å². The Morgan fingerprint density at radius 2 is 1.25 bits per heavy atom. The number of hydrogen-bond donors (Lipinski definition) is 0. The maximum atomic E-state index is 12.3. The van der Waals surface area contributed by atoms with E-state index in [9.17, 15) is 26.3 Å². The molecule has 0 spiro atoms. The van der Waals surface area contributed by atoms with E-state index in [1.54, 1.807) is 0 Å². The van der Waals surface area contributed by atoms with E-state index in [0.717, 1.165) is 6.07 Å². The van der Waals surface area contributed by atoms with Gasteiger partial charge in [-0.05, 0) is 12.1 Å². The third kappa shape index (κ3) is 2.27. The van der Waals surface area contributed by atoms with Gasteiger partial charge in [-0.25, -0.2) is 0 Å². The summed E-state index contributed by atoms with van der Waals surface area (Å²) in [6.07, 6.45) is -9.96. The maximum Gasteiger partial charge on any atom is 0.417 e. The van der Waals surface area contributed by atoms with Gasteiger partial charge in [0.15, 0.2) is 0 Å². The molecule has 1 rings (SSSR count). The first-order valence-corrected chi connectivity index (χ1v) is 3.85. The quantitative estimate of drug-likeness (QED) is 0.634. The van der Waals surface area contributed by atoms with Crippen molar-refractivity contribution >= 4 is 0 Å². The van der Waals surface area contributed by atoms with E-state index in [1.165, 1.54) is 0 Å². The number of nitriles is 1. The first kappa shape index (κ1) is 12.4. The molecule has 0 aromatic heterocycles. The minimum Gasteiger partial charge on any atom is -0.192 e. The Hall–Kier alpha value is -1.71. The molecule has 0 radical (unpaired) electrons. The van der Waals surface area contributed by atoms with E-state index in [4.69, 9.17) is 5.26 Å². The zero-order chi connectivity index (χ0) is 12.6. The molecule has 0 saturated carbocycles. The molecule has 86 valence electrons. The van der Waals surface area contributed by atoms with Crippen LogP contribution in [0.15, 0.2) is 18.2 Å². The molecule has 0 aliphatic carbocycles. The summed E-state index contributed by atoms with van der Waals surface area (Å²) in [5.74, 6) is 0. The fraction of sp³-hybridized carbons (Fsp3) is 0.222. The Morgan fingerprint density at radius 3 is 1.50 bits per heavy atom. The van der Waals surface area contributed by atoms with E-state index in [1.807, 2.05) is 0 Å². The van der Waals surface area contributed by atoms with Gasteiger partial charge in [0.05, 0.1) is 16.7 Å². The second kappa shape index (κ2) is 3.70. The van der Waals surface area contributed by atoms with Crippen LogP contribution in [0.2, 0.25) is 0 Å². The first-order chi connectivity index (χ1) is 7.18. The lowest BCUT2D eigenvalue weighted by Crippen LogP contribution is -2.14. The van der Waals surface area contributed by atoms with Gasteiger partial charge in [-0.1, -0.05) is 6.07 Å². The summed E-state index contributed by atoms with van der Waals surface area (Å²) >= 11 is 0. The average Bonchev–Trinajstić information content (AvgIpc) is 2.13. The summed E-state index contributed by atoms with van der Waals surface area (Å²) in [6, 6.07) is 2.43. The molecule has 0 amide bonds. The summed E-state index contributed by atoms with van der Waals surface area (Å²) in [5.41, 5.74) is -4.56. The zero-order valence-electron chi connectivity index (χ0n) is 7.45. The van der Waals surface area contributed by atoms with Crippen LogP contribution in [-0.2, 0) is 12.4 Å². The third-order valence-electron chi connectivity index (χ3n) is 1.79. The molecular formula is C9H3F6N. The van der Waals surface area contributed by atoms with Crippen molar-refractivity contribution in [1.29, 1.82) is 5.26 Å². The largest absolute Gasteiger partial charge is 0.417 e. The average molecular weight is 239 g/mol. The second-order valence-electron chi connectivity index (χ2n) is 2.84. The Bertz CT molecular complexity index is 405. The smallest absolute Gasteiger partial charge is 0.192 e. The molecule has 0 atom stereocenters. The molecule has 0 heterocycles. The van der Waals surface area contributed by atoms with Crippen LogP contribution < -0.4 is 0 Å². The molecule has 0 aliphatic rings. The summed E-state index contributed by atoms with van der Waals surface area (Å²) in [7, 11) is 0. The molecule has 1 aromatic carbocycles. The van der Waals surface area contributed by atoms with Gasteiger partial charge in [0.1, 0.15) is 6.07 Å². The van der Waals surface area contributed by atoms with Gasteiger partial charge < -0.3 is 0 Å². The van der Waals surface area contributed by atoms with Crippen molar-refractivity contribution in [1.82, 2.24) is 0 Å². The molecule has 1 nitrogen and oxygen atoms in total. The monoisotopic (exact) mass is 239 g/mol. The Balaban J connectivity index is 3.53. The van der Waals surface area contributed by atoms with Crippen LogP contribution >= 0.6 is 0 Å². The zero-order valence-corrected chi connectivity index (χ0v) is 7.45. The van der Waals surface area contributed by atoms with E-state index < -0.39 is 29.0 Å². The molecule has 1 aromatic rings. The van der Waals surface area contributed by atoms with Crippen molar-refractivity contribution in [3.8, 4) is 6.07 Å². The van der Waals surface area contributed by atoms with Crippen LogP contribution in [0.25, 0.3) is 0 Å². The summed E-state index contributed by atoms with van der Waals surface area (Å²) in [4.78, 5) is 0. The minimum atomic E-state index is -4.98. The summed E-state index contributed by atoms with van der Waals surface area (Å²) in [5, 5.41) is 8.38. The van der Waals surface area contributed by atoms with Crippen molar-refractivity contribution in [3.63, 3.8) is 0 Å². The predicted octanol–water partition coefficient (Wildman–Crippen LogP) is 3.60. The number of rotatable bonds is 0. The molecule has 0 N–H and O–H groups in total. The molecule has 16 heavy (non-hydrogen) atoms. The Kier molecular flexibility index (Phi) is 2.86. The standard InChI is InChI=1S/C9H3F6N/c10-8(11,12)6-2-1-3-7(5(6)4-16)9(13,14)15/h1-3H. The highest BCUT2D eigenvalue weighted by molar-refractivity contribution is 5.47. The molecule has 7 heteroatoms. The fourth-order valence-electron chi connectivity index (χ4n) is 1.15. The van der Waals surface area contributed by atoms with Gasteiger partial charge in [-0.15, -0.1) is 0 Å². The molecule has 0 fully saturated rings. The summed E-state index contributed by atoms with van der Waals surface area (Å²) < 4.78 is 73.7. The first-order valence-electron chi connectivity index (χ1n) is 3.85. The van der Waals surface area contributed by atoms with E-state index >= 15 is 0 Å². The van der Waals surface area contributed by atoms with Crippen molar-refractivity contribution in [2.75, 3.05) is 0 Å². The highest BCUT2D eigenvalue weighted by Gasteiger charge is 2.40. The lowest BCUT2D eigenvalue weighted by Gasteiger charge is -2.13. The summed E-state index contributed by atoms with van der Waals surface area (Å²) in [6.45, 7) is 0. The van der Waals surface area contributed by atoms with E-state index in [0.29, 0.717) is 18.2 Å². The van der Waals surface area contributed by atoms with Gasteiger partial charge in [-0.2, -0.15) is 31.6 Å². The third-order valence-corrected chi connectivity index (χ3v) is 1.79. The number of hydrogen-bond acceptors (Lipinski definition) is 1. The normalized spacial score (nSPS) is 12.3. The highest BCUT2D eigenvalue weighted by atomic mass is 19.4. The van der Waals surface area contributed by atoms with Crippen molar-refractivity contribution < 1.29 is 26.3 Å². The Morgan fingerprint density at radius 1 is 0.875 bits per heavy atom. The minimum absolute atomic E-state index is 0.438. The number of alkyl halides is 6. The fourth-order valence-corrected chi connectivity index (χ4v) is 1.15. The van der Waals surface area contributed by atoms with Gasteiger partial charge >= 0.3 is 12.4 Å². The molecule has 0 saturated heterocycles. The van der Waals surface area contributed by atoms with Crippen LogP contribution in [0, 0.1) is 11.3 Å². The number of halogens is 6. The number of nitrogens with zero attached hydrogens (tertiary/aromatic N) is 1. The van der Waals surface area contributed by atoms with Gasteiger partial charge in [0.2, 0.25) is 0 Å². The Labute approximate surface area is 85.9 Å². The van der Waals surface area contributed by atoms with Crippen LogP contribution in [0.1, 0.15) is 16.7 Å². The SMILES string of the molecule is N#Cc1c(C(F)(F)F)cccc1C(F)(F)F. The molecule has 0 aliphatic heterocycles. The van der Waals surface area contributed by atoms with Gasteiger partial charge in [-0.3, -0.25) is 0 Å². The predicted molar refractivity (Wildman–Crippen MR) is 41.2 cm³/mol. The van der Waals surface area contributed by atoms with Crippen LogP contribution in [0.4, 0.5) is 26.3 Å². The molecule has 0 bridgehead atoms. The van der Waals surface area contributed by atoms with E-state index in [-0.39, 0.29) is 0 Å². The lowest BCUT2D eigenvalue weighted by atomic mass is 10.0.